The Hall–Kier alpha value is -0.500. The van der Waals surface area contributed by atoms with Crippen molar-refractivity contribution in [3.8, 4) is 0 Å². The number of fused-ring (bicyclic) bond motifs is 5. The smallest absolute Gasteiger partial charge is 0.0915 e. The van der Waals surface area contributed by atoms with Gasteiger partial charge in [-0.2, -0.15) is 0 Å². The van der Waals surface area contributed by atoms with Crippen LogP contribution >= 0.6 is 0 Å². The van der Waals surface area contributed by atoms with Crippen molar-refractivity contribution in [1.82, 2.24) is 0 Å². The molecular weight excluding hydrogens is 284 g/mol. The molecule has 0 heterocycles. The lowest BCUT2D eigenvalue weighted by Crippen LogP contribution is -2.55. The third-order valence-corrected chi connectivity index (χ3v) is 9.15. The molecule has 23 heavy (non-hydrogen) atoms. The molecule has 0 saturated heterocycles. The van der Waals surface area contributed by atoms with E-state index in [-0.39, 0.29) is 5.41 Å². The Kier molecular flexibility index (Phi) is 3.65. The molecule has 0 aliphatic heterocycles. The summed E-state index contributed by atoms with van der Waals surface area (Å²) in [5.74, 6) is 3.27. The molecule has 2 nitrogen and oxygen atoms in total. The van der Waals surface area contributed by atoms with Crippen LogP contribution in [0.2, 0.25) is 0 Å². The summed E-state index contributed by atoms with van der Waals surface area (Å²) >= 11 is 0. The topological polar surface area (TPSA) is 40.5 Å². The van der Waals surface area contributed by atoms with Gasteiger partial charge in [0.2, 0.25) is 0 Å². The summed E-state index contributed by atoms with van der Waals surface area (Å²) < 4.78 is 0. The van der Waals surface area contributed by atoms with Crippen LogP contribution in [0.4, 0.5) is 0 Å². The minimum Gasteiger partial charge on any atom is -0.516 e. The van der Waals surface area contributed by atoms with Crippen molar-refractivity contribution in [1.29, 1.82) is 0 Å². The predicted molar refractivity (Wildman–Crippen MR) is 93.1 cm³/mol. The molecule has 2 heteroatoms. The van der Waals surface area contributed by atoms with Crippen molar-refractivity contribution >= 4 is 0 Å². The first kappa shape index (κ1) is 16.0. The Morgan fingerprint density at radius 3 is 2.43 bits per heavy atom. The molecule has 7 atom stereocenters. The average molecular weight is 319 g/mol. The van der Waals surface area contributed by atoms with Gasteiger partial charge in [-0.05, 0) is 86.5 Å². The number of hydrogen-bond acceptors (Lipinski definition) is 2. The quantitative estimate of drug-likeness (QED) is 0.651. The molecule has 0 aromatic carbocycles. The minimum absolute atomic E-state index is 0.0364. The normalized spacial score (nSPS) is 56.1. The molecule has 0 radical (unpaired) electrons. The third-order valence-electron chi connectivity index (χ3n) is 9.15. The Balaban J connectivity index is 1.65. The van der Waals surface area contributed by atoms with E-state index in [4.69, 9.17) is 0 Å². The summed E-state index contributed by atoms with van der Waals surface area (Å²) in [5, 5.41) is 20.5. The molecule has 4 aliphatic carbocycles. The van der Waals surface area contributed by atoms with Crippen LogP contribution in [0.5, 0.6) is 0 Å². The van der Waals surface area contributed by atoms with Crippen LogP contribution in [0.15, 0.2) is 12.3 Å². The van der Waals surface area contributed by atoms with Gasteiger partial charge in [0.05, 0.1) is 11.9 Å². The van der Waals surface area contributed by atoms with Crippen molar-refractivity contribution in [3.05, 3.63) is 12.3 Å². The van der Waals surface area contributed by atoms with Crippen LogP contribution in [0, 0.1) is 34.5 Å². The fourth-order valence-corrected chi connectivity index (χ4v) is 7.74. The summed E-state index contributed by atoms with van der Waals surface area (Å²) in [4.78, 5) is 0. The van der Waals surface area contributed by atoms with E-state index in [2.05, 4.69) is 13.8 Å². The lowest BCUT2D eigenvalue weighted by Gasteiger charge is -2.61. The van der Waals surface area contributed by atoms with Crippen molar-refractivity contribution in [2.24, 2.45) is 34.5 Å². The van der Waals surface area contributed by atoms with Gasteiger partial charge in [-0.3, -0.25) is 0 Å². The zero-order chi connectivity index (χ0) is 16.3. The summed E-state index contributed by atoms with van der Waals surface area (Å²) in [6.07, 6.45) is 15.7. The number of aliphatic hydroxyl groups is 2. The highest BCUT2D eigenvalue weighted by Crippen LogP contribution is 2.68. The van der Waals surface area contributed by atoms with Gasteiger partial charge in [-0.15, -0.1) is 0 Å². The first-order valence-corrected chi connectivity index (χ1v) is 9.99. The Morgan fingerprint density at radius 1 is 0.870 bits per heavy atom. The first-order valence-electron chi connectivity index (χ1n) is 9.99. The fourth-order valence-electron chi connectivity index (χ4n) is 7.74. The van der Waals surface area contributed by atoms with Gasteiger partial charge in [-0.1, -0.05) is 26.7 Å². The molecule has 1 unspecified atom stereocenters. The van der Waals surface area contributed by atoms with Crippen LogP contribution in [0.1, 0.15) is 78.1 Å². The molecule has 0 bridgehead atoms. The van der Waals surface area contributed by atoms with Crippen molar-refractivity contribution in [2.75, 3.05) is 0 Å². The third kappa shape index (κ3) is 2.03. The maximum atomic E-state index is 11.2. The second-order valence-electron chi connectivity index (χ2n) is 9.64. The zero-order valence-electron chi connectivity index (χ0n) is 14.9. The lowest BCUT2D eigenvalue weighted by molar-refractivity contribution is -0.137. The molecule has 4 fully saturated rings. The fraction of sp³-hybridized carbons (Fsp3) is 0.905. The SMILES string of the molecule is C[C@]12CCCCC1CC[C@@H]1[C@@H]2CC[C@@]2(C)[C@H]1CC[C@]2(O)C=CO. The molecule has 0 aromatic heterocycles. The molecule has 0 amide bonds. The molecule has 0 aromatic rings. The summed E-state index contributed by atoms with van der Waals surface area (Å²) in [5.41, 5.74) is -0.261. The van der Waals surface area contributed by atoms with Gasteiger partial charge < -0.3 is 10.2 Å². The van der Waals surface area contributed by atoms with E-state index >= 15 is 0 Å². The molecule has 4 saturated carbocycles. The minimum atomic E-state index is -0.790. The Labute approximate surface area is 141 Å². The van der Waals surface area contributed by atoms with Gasteiger partial charge in [0.15, 0.2) is 0 Å². The highest BCUT2D eigenvalue weighted by atomic mass is 16.3. The highest BCUT2D eigenvalue weighted by Gasteiger charge is 2.63. The lowest BCUT2D eigenvalue weighted by atomic mass is 9.44. The van der Waals surface area contributed by atoms with Crippen molar-refractivity contribution in [2.45, 2.75) is 83.7 Å². The van der Waals surface area contributed by atoms with Crippen LogP contribution < -0.4 is 0 Å². The van der Waals surface area contributed by atoms with E-state index in [1.54, 1.807) is 6.08 Å². The number of aliphatic hydroxyl groups excluding tert-OH is 1. The Bertz CT molecular complexity index is 500. The molecule has 4 aliphatic rings. The van der Waals surface area contributed by atoms with Crippen LogP contribution in [-0.2, 0) is 0 Å². The summed E-state index contributed by atoms with van der Waals surface area (Å²) in [6.45, 7) is 4.90. The van der Waals surface area contributed by atoms with E-state index in [0.717, 1.165) is 43.3 Å². The largest absolute Gasteiger partial charge is 0.516 e. The molecule has 130 valence electrons. The maximum absolute atomic E-state index is 11.2. The van der Waals surface area contributed by atoms with Gasteiger partial charge in [0, 0.05) is 5.41 Å². The van der Waals surface area contributed by atoms with E-state index in [1.165, 1.54) is 44.9 Å². The summed E-state index contributed by atoms with van der Waals surface area (Å²) in [6, 6.07) is 0. The van der Waals surface area contributed by atoms with E-state index < -0.39 is 5.60 Å². The number of rotatable bonds is 1. The molecular formula is C21H34O2. The zero-order valence-corrected chi connectivity index (χ0v) is 14.9. The maximum Gasteiger partial charge on any atom is 0.0915 e. The van der Waals surface area contributed by atoms with Gasteiger partial charge in [0.1, 0.15) is 0 Å². The standard InChI is InChI=1S/C21H34O2/c1-19-10-4-3-5-15(19)6-7-16-17(19)8-11-20(2)18(16)9-12-21(20,23)13-14-22/h13-18,22-23H,3-12H2,1-2H3/t15?,16-,17+,18+,19+,20+,21+/m1/s1. The van der Waals surface area contributed by atoms with Crippen LogP contribution in [0.3, 0.4) is 0 Å². The predicted octanol–water partition coefficient (Wildman–Crippen LogP) is 5.22. The summed E-state index contributed by atoms with van der Waals surface area (Å²) in [7, 11) is 0. The second kappa shape index (κ2) is 5.25. The molecule has 0 spiro atoms. The van der Waals surface area contributed by atoms with E-state index in [1.807, 2.05) is 0 Å². The average Bonchev–Trinajstić information content (AvgIpc) is 2.79. The van der Waals surface area contributed by atoms with Crippen molar-refractivity contribution in [3.63, 3.8) is 0 Å². The molecule has 2 N–H and O–H groups in total. The highest BCUT2D eigenvalue weighted by molar-refractivity contribution is 5.19. The van der Waals surface area contributed by atoms with E-state index in [0.29, 0.717) is 11.3 Å². The second-order valence-corrected chi connectivity index (χ2v) is 9.64. The number of hydrogen-bond donors (Lipinski definition) is 2. The van der Waals surface area contributed by atoms with Crippen LogP contribution in [0.25, 0.3) is 0 Å². The van der Waals surface area contributed by atoms with Gasteiger partial charge >= 0.3 is 0 Å². The van der Waals surface area contributed by atoms with Gasteiger partial charge in [0.25, 0.3) is 0 Å². The van der Waals surface area contributed by atoms with Gasteiger partial charge in [-0.25, -0.2) is 0 Å². The monoisotopic (exact) mass is 318 g/mol. The van der Waals surface area contributed by atoms with E-state index in [9.17, 15) is 10.2 Å². The van der Waals surface area contributed by atoms with Crippen LogP contribution in [-0.4, -0.2) is 15.8 Å². The Morgan fingerprint density at radius 2 is 1.65 bits per heavy atom. The first-order chi connectivity index (χ1) is 10.9. The van der Waals surface area contributed by atoms with Crippen molar-refractivity contribution < 1.29 is 10.2 Å². The molecule has 4 rings (SSSR count).